The third kappa shape index (κ3) is 5.45. The largest absolute Gasteiger partial charge is 0.416 e. The Morgan fingerprint density at radius 2 is 1.74 bits per heavy atom. The van der Waals surface area contributed by atoms with E-state index in [1.807, 2.05) is 0 Å². The number of carbonyl (C=O) groups is 1. The van der Waals surface area contributed by atoms with E-state index in [9.17, 15) is 27.2 Å². The van der Waals surface area contributed by atoms with Gasteiger partial charge in [0.2, 0.25) is 5.91 Å². The van der Waals surface area contributed by atoms with Gasteiger partial charge in [-0.3, -0.25) is 14.2 Å². The standard InChI is InChI=1S/C24H17F4N3O2S/c25-17-10-8-15(9-11-17)13-31-22(33)19-6-1-2-7-20(19)30-23(31)34-14-21(32)29-18-5-3-4-16(12-18)24(26,27)28/h1-12H,13-14H2,(H,29,32). The molecule has 1 aromatic heterocycles. The monoisotopic (exact) mass is 487 g/mol. The molecule has 0 saturated carbocycles. The maximum atomic E-state index is 13.3. The first-order valence-corrected chi connectivity index (χ1v) is 11.0. The van der Waals surface area contributed by atoms with Crippen LogP contribution in [0.25, 0.3) is 10.9 Å². The van der Waals surface area contributed by atoms with Crippen molar-refractivity contribution in [2.24, 2.45) is 0 Å². The van der Waals surface area contributed by atoms with E-state index in [2.05, 4.69) is 10.3 Å². The molecule has 0 saturated heterocycles. The zero-order valence-electron chi connectivity index (χ0n) is 17.5. The summed E-state index contributed by atoms with van der Waals surface area (Å²) in [5.74, 6) is -1.15. The van der Waals surface area contributed by atoms with Gasteiger partial charge >= 0.3 is 6.18 Å². The lowest BCUT2D eigenvalue weighted by molar-refractivity contribution is -0.137. The Kier molecular flexibility index (Phi) is 6.69. The van der Waals surface area contributed by atoms with Crippen molar-refractivity contribution in [1.82, 2.24) is 9.55 Å². The summed E-state index contributed by atoms with van der Waals surface area (Å²) in [7, 11) is 0. The first kappa shape index (κ1) is 23.5. The fourth-order valence-electron chi connectivity index (χ4n) is 3.27. The van der Waals surface area contributed by atoms with Crippen molar-refractivity contribution in [2.45, 2.75) is 17.9 Å². The van der Waals surface area contributed by atoms with E-state index in [4.69, 9.17) is 0 Å². The molecule has 0 aliphatic heterocycles. The Hall–Kier alpha value is -3.66. The summed E-state index contributed by atoms with van der Waals surface area (Å²) < 4.78 is 53.4. The Bertz CT molecular complexity index is 1400. The van der Waals surface area contributed by atoms with E-state index in [-0.39, 0.29) is 28.7 Å². The van der Waals surface area contributed by atoms with Gasteiger partial charge in [-0.15, -0.1) is 0 Å². The van der Waals surface area contributed by atoms with Gasteiger partial charge in [-0.25, -0.2) is 9.37 Å². The fourth-order valence-corrected chi connectivity index (χ4v) is 4.07. The summed E-state index contributed by atoms with van der Waals surface area (Å²) in [4.78, 5) is 30.0. The molecule has 1 amide bonds. The van der Waals surface area contributed by atoms with Gasteiger partial charge in [-0.2, -0.15) is 13.2 Å². The van der Waals surface area contributed by atoms with Crippen molar-refractivity contribution in [1.29, 1.82) is 0 Å². The molecule has 34 heavy (non-hydrogen) atoms. The summed E-state index contributed by atoms with van der Waals surface area (Å²) in [6, 6.07) is 16.7. The molecule has 0 atom stereocenters. The molecule has 0 unspecified atom stereocenters. The Morgan fingerprint density at radius 1 is 1.00 bits per heavy atom. The summed E-state index contributed by atoms with van der Waals surface area (Å²) in [6.45, 7) is 0.106. The molecule has 3 aromatic carbocycles. The Morgan fingerprint density at radius 3 is 2.47 bits per heavy atom. The van der Waals surface area contributed by atoms with Crippen molar-refractivity contribution in [3.63, 3.8) is 0 Å². The number of halogens is 4. The van der Waals surface area contributed by atoms with Crippen molar-refractivity contribution < 1.29 is 22.4 Å². The van der Waals surface area contributed by atoms with E-state index in [1.54, 1.807) is 36.4 Å². The van der Waals surface area contributed by atoms with E-state index in [0.717, 1.165) is 23.9 Å². The number of nitrogens with one attached hydrogen (secondary N) is 1. The number of thioether (sulfide) groups is 1. The normalized spacial score (nSPS) is 11.5. The first-order valence-electron chi connectivity index (χ1n) is 10.0. The van der Waals surface area contributed by atoms with Gasteiger partial charge in [0.15, 0.2) is 5.16 Å². The molecular formula is C24H17F4N3O2S. The summed E-state index contributed by atoms with van der Waals surface area (Å²) in [5.41, 5.74) is -0.0758. The highest BCUT2D eigenvalue weighted by Gasteiger charge is 2.30. The third-order valence-electron chi connectivity index (χ3n) is 4.89. The summed E-state index contributed by atoms with van der Waals surface area (Å²) in [5, 5.41) is 3.08. The number of benzene rings is 3. The second-order valence-electron chi connectivity index (χ2n) is 7.34. The number of aromatic nitrogens is 2. The molecule has 0 radical (unpaired) electrons. The second-order valence-corrected chi connectivity index (χ2v) is 8.29. The van der Waals surface area contributed by atoms with Gasteiger partial charge in [0.1, 0.15) is 5.82 Å². The summed E-state index contributed by atoms with van der Waals surface area (Å²) >= 11 is 0.979. The number of carbonyl (C=O) groups excluding carboxylic acids is 1. The van der Waals surface area contributed by atoms with Crippen LogP contribution in [-0.4, -0.2) is 21.2 Å². The molecule has 1 heterocycles. The van der Waals surface area contributed by atoms with Crippen molar-refractivity contribution in [3.05, 3.63) is 100 Å². The molecule has 0 spiro atoms. The predicted octanol–water partition coefficient (Wildman–Crippen LogP) is 5.33. The van der Waals surface area contributed by atoms with Gasteiger partial charge in [0.25, 0.3) is 5.56 Å². The maximum absolute atomic E-state index is 13.3. The number of fused-ring (bicyclic) bond motifs is 1. The highest BCUT2D eigenvalue weighted by molar-refractivity contribution is 7.99. The quantitative estimate of drug-likeness (QED) is 0.227. The van der Waals surface area contributed by atoms with Crippen LogP contribution < -0.4 is 10.9 Å². The van der Waals surface area contributed by atoms with Crippen LogP contribution in [0.2, 0.25) is 0 Å². The number of hydrogen-bond donors (Lipinski definition) is 1. The molecule has 0 fully saturated rings. The number of hydrogen-bond acceptors (Lipinski definition) is 4. The minimum Gasteiger partial charge on any atom is -0.325 e. The lowest BCUT2D eigenvalue weighted by Gasteiger charge is -2.14. The van der Waals surface area contributed by atoms with Crippen LogP contribution in [0.5, 0.6) is 0 Å². The predicted molar refractivity (Wildman–Crippen MR) is 122 cm³/mol. The van der Waals surface area contributed by atoms with Gasteiger partial charge in [0, 0.05) is 5.69 Å². The van der Waals surface area contributed by atoms with Crippen molar-refractivity contribution >= 4 is 34.3 Å². The SMILES string of the molecule is O=C(CSc1nc2ccccc2c(=O)n1Cc1ccc(F)cc1)Nc1cccc(C(F)(F)F)c1. The second kappa shape index (κ2) is 9.68. The smallest absolute Gasteiger partial charge is 0.325 e. The van der Waals surface area contributed by atoms with Gasteiger partial charge < -0.3 is 5.32 Å². The highest BCUT2D eigenvalue weighted by atomic mass is 32.2. The molecule has 0 bridgehead atoms. The van der Waals surface area contributed by atoms with Gasteiger partial charge in [-0.05, 0) is 48.0 Å². The molecular weight excluding hydrogens is 470 g/mol. The zero-order chi connectivity index (χ0) is 24.3. The van der Waals surface area contributed by atoms with Crippen LogP contribution in [0, 0.1) is 5.82 Å². The lowest BCUT2D eigenvalue weighted by atomic mass is 10.2. The van der Waals surface area contributed by atoms with Crippen LogP contribution in [0.3, 0.4) is 0 Å². The maximum Gasteiger partial charge on any atom is 0.416 e. The number of alkyl halides is 3. The number of para-hydroxylation sites is 1. The van der Waals surface area contributed by atoms with E-state index >= 15 is 0 Å². The molecule has 0 aliphatic rings. The third-order valence-corrected chi connectivity index (χ3v) is 5.86. The number of nitrogens with zero attached hydrogens (tertiary/aromatic N) is 2. The molecule has 5 nitrogen and oxygen atoms in total. The van der Waals surface area contributed by atoms with E-state index < -0.39 is 23.5 Å². The Balaban J connectivity index is 1.58. The van der Waals surface area contributed by atoms with Gasteiger partial charge in [-0.1, -0.05) is 42.1 Å². The number of anilines is 1. The van der Waals surface area contributed by atoms with Crippen LogP contribution >= 0.6 is 11.8 Å². The average Bonchev–Trinajstić information content (AvgIpc) is 2.81. The average molecular weight is 487 g/mol. The molecule has 4 rings (SSSR count). The van der Waals surface area contributed by atoms with Crippen molar-refractivity contribution in [2.75, 3.05) is 11.1 Å². The number of amides is 1. The van der Waals surface area contributed by atoms with Crippen LogP contribution in [0.1, 0.15) is 11.1 Å². The molecule has 10 heteroatoms. The van der Waals surface area contributed by atoms with Gasteiger partial charge in [0.05, 0.1) is 28.8 Å². The van der Waals surface area contributed by atoms with Crippen LogP contribution in [0.4, 0.5) is 23.2 Å². The first-order chi connectivity index (χ1) is 16.2. The summed E-state index contributed by atoms with van der Waals surface area (Å²) in [6.07, 6.45) is -4.53. The van der Waals surface area contributed by atoms with Crippen molar-refractivity contribution in [3.8, 4) is 0 Å². The molecule has 174 valence electrons. The molecule has 4 aromatic rings. The minimum absolute atomic E-state index is 0.00981. The fraction of sp³-hybridized carbons (Fsp3) is 0.125. The van der Waals surface area contributed by atoms with E-state index in [1.165, 1.54) is 28.8 Å². The van der Waals surface area contributed by atoms with E-state index in [0.29, 0.717) is 16.5 Å². The zero-order valence-corrected chi connectivity index (χ0v) is 18.3. The molecule has 0 aliphatic carbocycles. The molecule has 1 N–H and O–H groups in total. The topological polar surface area (TPSA) is 64.0 Å². The lowest BCUT2D eigenvalue weighted by Crippen LogP contribution is -2.25. The minimum atomic E-state index is -4.53. The van der Waals surface area contributed by atoms with Crippen LogP contribution in [0.15, 0.2) is 82.7 Å². The van der Waals surface area contributed by atoms with Crippen LogP contribution in [-0.2, 0) is 17.5 Å². The number of rotatable bonds is 6. The highest BCUT2D eigenvalue weighted by Crippen LogP contribution is 2.30. The Labute approximate surface area is 195 Å².